The summed E-state index contributed by atoms with van der Waals surface area (Å²) in [5.41, 5.74) is 3.73. The van der Waals surface area contributed by atoms with Gasteiger partial charge in [0.25, 0.3) is 0 Å². The molecule has 4 rings (SSSR count). The summed E-state index contributed by atoms with van der Waals surface area (Å²) < 4.78 is 0. The number of carbonyl (C=O) groups is 2. The molecule has 0 unspecified atom stereocenters. The van der Waals surface area contributed by atoms with E-state index in [-0.39, 0.29) is 11.8 Å². The molecular weight excluding hydrogens is 426 g/mol. The third-order valence-corrected chi connectivity index (χ3v) is 6.84. The number of aromatic nitrogens is 1. The molecule has 7 nitrogen and oxygen atoms in total. The lowest BCUT2D eigenvalue weighted by Gasteiger charge is -2.31. The number of hydrogen-bond acceptors (Lipinski definition) is 5. The second-order valence-corrected chi connectivity index (χ2v) is 9.94. The highest BCUT2D eigenvalue weighted by Gasteiger charge is 2.30. The van der Waals surface area contributed by atoms with Gasteiger partial charge in [-0.05, 0) is 74.8 Å². The van der Waals surface area contributed by atoms with Gasteiger partial charge < -0.3 is 15.5 Å². The first kappa shape index (κ1) is 24.2. The van der Waals surface area contributed by atoms with Gasteiger partial charge in [0.2, 0.25) is 11.8 Å². The number of carbonyl (C=O) groups excluding carboxylic acids is 2. The summed E-state index contributed by atoms with van der Waals surface area (Å²) in [7, 11) is 0. The predicted octanol–water partition coefficient (Wildman–Crippen LogP) is 4.37. The van der Waals surface area contributed by atoms with E-state index in [1.54, 1.807) is 6.20 Å². The van der Waals surface area contributed by atoms with Crippen LogP contribution in [0.3, 0.4) is 0 Å². The van der Waals surface area contributed by atoms with E-state index in [0.29, 0.717) is 31.2 Å². The molecule has 2 amide bonds. The highest BCUT2D eigenvalue weighted by atomic mass is 16.2. The minimum Gasteiger partial charge on any atom is -0.357 e. The van der Waals surface area contributed by atoms with E-state index in [4.69, 9.17) is 0 Å². The van der Waals surface area contributed by atoms with E-state index >= 15 is 0 Å². The van der Waals surface area contributed by atoms with Gasteiger partial charge in [0, 0.05) is 37.8 Å². The normalized spacial score (nSPS) is 16.5. The molecule has 2 fully saturated rings. The van der Waals surface area contributed by atoms with Gasteiger partial charge >= 0.3 is 0 Å². The van der Waals surface area contributed by atoms with Crippen molar-refractivity contribution in [3.8, 4) is 0 Å². The highest BCUT2D eigenvalue weighted by molar-refractivity contribution is 5.93. The molecule has 0 bridgehead atoms. The maximum absolute atomic E-state index is 12.7. The minimum atomic E-state index is -0.0538. The Bertz CT molecular complexity index is 995. The molecule has 1 aromatic carbocycles. The number of amides is 2. The van der Waals surface area contributed by atoms with E-state index in [1.165, 1.54) is 12.8 Å². The number of rotatable bonds is 9. The minimum absolute atomic E-state index is 0.0343. The maximum atomic E-state index is 12.7. The van der Waals surface area contributed by atoms with Crippen LogP contribution in [0.1, 0.15) is 50.2 Å². The molecule has 0 atom stereocenters. The number of anilines is 3. The van der Waals surface area contributed by atoms with Crippen LogP contribution in [0, 0.1) is 19.8 Å². The Labute approximate surface area is 202 Å². The van der Waals surface area contributed by atoms with E-state index in [1.807, 2.05) is 44.2 Å². The monoisotopic (exact) mass is 463 g/mol. The fourth-order valence-corrected chi connectivity index (χ4v) is 4.43. The van der Waals surface area contributed by atoms with Crippen molar-refractivity contribution in [2.75, 3.05) is 41.7 Å². The first-order valence-electron chi connectivity index (χ1n) is 12.5. The fourth-order valence-electron chi connectivity index (χ4n) is 4.43. The van der Waals surface area contributed by atoms with Crippen LogP contribution < -0.4 is 15.5 Å². The summed E-state index contributed by atoms with van der Waals surface area (Å²) in [5.74, 6) is 1.66. The van der Waals surface area contributed by atoms with Gasteiger partial charge in [-0.1, -0.05) is 19.1 Å². The van der Waals surface area contributed by atoms with Gasteiger partial charge in [-0.3, -0.25) is 14.5 Å². The lowest BCUT2D eigenvalue weighted by atomic mass is 9.99. The zero-order chi connectivity index (χ0) is 24.1. The third kappa shape index (κ3) is 6.79. The van der Waals surface area contributed by atoms with Crippen molar-refractivity contribution in [3.05, 3.63) is 47.7 Å². The van der Waals surface area contributed by atoms with Gasteiger partial charge in [-0.2, -0.15) is 0 Å². The molecule has 1 aliphatic heterocycles. The molecule has 0 spiro atoms. The Morgan fingerprint density at radius 3 is 2.47 bits per heavy atom. The number of pyridine rings is 1. The smallest absolute Gasteiger partial charge is 0.238 e. The Balaban J connectivity index is 1.24. The van der Waals surface area contributed by atoms with E-state index in [2.05, 4.69) is 32.3 Å². The molecule has 1 saturated heterocycles. The third-order valence-electron chi connectivity index (χ3n) is 6.84. The first-order chi connectivity index (χ1) is 16.4. The van der Waals surface area contributed by atoms with Crippen molar-refractivity contribution in [3.63, 3.8) is 0 Å². The molecule has 182 valence electrons. The van der Waals surface area contributed by atoms with Crippen molar-refractivity contribution >= 4 is 29.0 Å². The quantitative estimate of drug-likeness (QED) is 0.578. The molecule has 2 N–H and O–H groups in total. The summed E-state index contributed by atoms with van der Waals surface area (Å²) in [4.78, 5) is 34.2. The van der Waals surface area contributed by atoms with E-state index in [9.17, 15) is 9.59 Å². The molecular formula is C27H37N5O2. The van der Waals surface area contributed by atoms with Crippen LogP contribution in [0.2, 0.25) is 0 Å². The number of aryl methyl sites for hydroxylation is 2. The van der Waals surface area contributed by atoms with Crippen LogP contribution in [0.4, 0.5) is 17.2 Å². The van der Waals surface area contributed by atoms with Crippen molar-refractivity contribution < 1.29 is 9.59 Å². The van der Waals surface area contributed by atoms with Gasteiger partial charge in [0.1, 0.15) is 5.82 Å². The Kier molecular flexibility index (Phi) is 7.83. The molecule has 2 aromatic rings. The Morgan fingerprint density at radius 2 is 1.79 bits per heavy atom. The predicted molar refractivity (Wildman–Crippen MR) is 137 cm³/mol. The molecule has 7 heteroatoms. The maximum Gasteiger partial charge on any atom is 0.238 e. The van der Waals surface area contributed by atoms with E-state index in [0.717, 1.165) is 54.5 Å². The van der Waals surface area contributed by atoms with Crippen LogP contribution >= 0.6 is 0 Å². The van der Waals surface area contributed by atoms with Crippen molar-refractivity contribution in [1.82, 2.24) is 9.88 Å². The second-order valence-electron chi connectivity index (χ2n) is 9.94. The van der Waals surface area contributed by atoms with Gasteiger partial charge in [-0.25, -0.2) is 4.98 Å². The van der Waals surface area contributed by atoms with Crippen LogP contribution in [-0.2, 0) is 9.59 Å². The summed E-state index contributed by atoms with van der Waals surface area (Å²) in [6, 6.07) is 10.4. The molecule has 1 aliphatic carbocycles. The average Bonchev–Trinajstić information content (AvgIpc) is 3.66. The van der Waals surface area contributed by atoms with Crippen LogP contribution in [0.5, 0.6) is 0 Å². The summed E-state index contributed by atoms with van der Waals surface area (Å²) in [6.07, 6.45) is 6.64. The number of nitrogens with zero attached hydrogens (tertiary/aromatic N) is 3. The van der Waals surface area contributed by atoms with Crippen LogP contribution in [0.25, 0.3) is 0 Å². The standard InChI is InChI=1S/C27H37N5O2/c1-19-10-13-31(14-11-19)25-9-6-22(17-28-25)29-26(33)12-15-32(23-7-8-23)18-27(34)30-24-16-20(2)4-5-21(24)3/h4-6,9,16-17,19,23H,7-8,10-15,18H2,1-3H3,(H,29,33)(H,30,34). The lowest BCUT2D eigenvalue weighted by Crippen LogP contribution is -2.37. The number of piperidine rings is 1. The molecule has 2 heterocycles. The topological polar surface area (TPSA) is 77.6 Å². The SMILES string of the molecule is Cc1ccc(C)c(NC(=O)CN(CCC(=O)Nc2ccc(N3CCC(C)CC3)nc2)C2CC2)c1. The first-order valence-corrected chi connectivity index (χ1v) is 12.5. The fraction of sp³-hybridized carbons (Fsp3) is 0.519. The Hall–Kier alpha value is -2.93. The van der Waals surface area contributed by atoms with Gasteiger partial charge in [-0.15, -0.1) is 0 Å². The molecule has 2 aliphatic rings. The van der Waals surface area contributed by atoms with E-state index < -0.39 is 0 Å². The van der Waals surface area contributed by atoms with Crippen molar-refractivity contribution in [1.29, 1.82) is 0 Å². The van der Waals surface area contributed by atoms with Crippen LogP contribution in [0.15, 0.2) is 36.5 Å². The second kappa shape index (κ2) is 11.0. The number of benzene rings is 1. The molecule has 34 heavy (non-hydrogen) atoms. The number of hydrogen-bond donors (Lipinski definition) is 2. The van der Waals surface area contributed by atoms with Gasteiger partial charge in [0.15, 0.2) is 0 Å². The summed E-state index contributed by atoms with van der Waals surface area (Å²) in [6.45, 7) is 9.24. The van der Waals surface area contributed by atoms with Crippen LogP contribution in [-0.4, -0.2) is 53.9 Å². The largest absolute Gasteiger partial charge is 0.357 e. The van der Waals surface area contributed by atoms with Crippen molar-refractivity contribution in [2.24, 2.45) is 5.92 Å². The van der Waals surface area contributed by atoms with Gasteiger partial charge in [0.05, 0.1) is 18.4 Å². The lowest BCUT2D eigenvalue weighted by molar-refractivity contribution is -0.119. The average molecular weight is 464 g/mol. The molecule has 1 saturated carbocycles. The summed E-state index contributed by atoms with van der Waals surface area (Å²) >= 11 is 0. The number of nitrogens with one attached hydrogen (secondary N) is 2. The molecule has 0 radical (unpaired) electrons. The molecule has 1 aromatic heterocycles. The highest BCUT2D eigenvalue weighted by Crippen LogP contribution is 2.27. The Morgan fingerprint density at radius 1 is 1.03 bits per heavy atom. The zero-order valence-electron chi connectivity index (χ0n) is 20.6. The summed E-state index contributed by atoms with van der Waals surface area (Å²) in [5, 5.41) is 5.99. The zero-order valence-corrected chi connectivity index (χ0v) is 20.6. The van der Waals surface area contributed by atoms with Crippen molar-refractivity contribution in [2.45, 2.75) is 58.9 Å².